The standard InChI is InChI=1S/C16H15F2NO5/c1-2-11-9(16(21)22)7-13(24-11)15(20)19-10-5-3-4-6-12(10)23-8-14(17)18/h3-7,14H,2,8H2,1H3,(H,19,20)(H,21,22). The van der Waals surface area contributed by atoms with Crippen LogP contribution in [-0.4, -0.2) is 30.0 Å². The van der Waals surface area contributed by atoms with Crippen molar-refractivity contribution in [3.63, 3.8) is 0 Å². The highest BCUT2D eigenvalue weighted by molar-refractivity contribution is 6.04. The van der Waals surface area contributed by atoms with Crippen LogP contribution in [0.1, 0.15) is 33.6 Å². The van der Waals surface area contributed by atoms with Crippen molar-refractivity contribution in [3.05, 3.63) is 47.4 Å². The van der Waals surface area contributed by atoms with Crippen LogP contribution in [0.2, 0.25) is 0 Å². The Morgan fingerprint density at radius 3 is 2.62 bits per heavy atom. The number of carbonyl (C=O) groups is 2. The lowest BCUT2D eigenvalue weighted by Gasteiger charge is -2.11. The second-order valence-corrected chi connectivity index (χ2v) is 4.76. The molecule has 1 aromatic heterocycles. The highest BCUT2D eigenvalue weighted by Gasteiger charge is 2.21. The van der Waals surface area contributed by atoms with E-state index in [1.807, 2.05) is 0 Å². The molecule has 0 saturated heterocycles. The van der Waals surface area contributed by atoms with Gasteiger partial charge in [-0.15, -0.1) is 0 Å². The third-order valence-electron chi connectivity index (χ3n) is 3.08. The van der Waals surface area contributed by atoms with Crippen molar-refractivity contribution in [3.8, 4) is 5.75 Å². The summed E-state index contributed by atoms with van der Waals surface area (Å²) in [5.41, 5.74) is 0.0827. The minimum atomic E-state index is -2.65. The Balaban J connectivity index is 2.19. The number of halogens is 2. The van der Waals surface area contributed by atoms with Crippen molar-refractivity contribution in [2.24, 2.45) is 0 Å². The van der Waals surface area contributed by atoms with Crippen LogP contribution in [0, 0.1) is 0 Å². The van der Waals surface area contributed by atoms with E-state index in [9.17, 15) is 18.4 Å². The Kier molecular flexibility index (Phi) is 5.51. The average Bonchev–Trinajstić information content (AvgIpc) is 2.98. The monoisotopic (exact) mass is 339 g/mol. The minimum Gasteiger partial charge on any atom is -0.485 e. The summed E-state index contributed by atoms with van der Waals surface area (Å²) in [5, 5.41) is 11.5. The lowest BCUT2D eigenvalue weighted by molar-refractivity contribution is 0.0694. The maximum atomic E-state index is 12.3. The molecular formula is C16H15F2NO5. The molecule has 2 rings (SSSR count). The van der Waals surface area contributed by atoms with Crippen LogP contribution in [0.3, 0.4) is 0 Å². The number of rotatable bonds is 7. The number of carboxylic acids is 1. The largest absolute Gasteiger partial charge is 0.485 e. The summed E-state index contributed by atoms with van der Waals surface area (Å²) in [6.07, 6.45) is -2.34. The summed E-state index contributed by atoms with van der Waals surface area (Å²) in [6.45, 7) is 0.886. The molecule has 0 unspecified atom stereocenters. The summed E-state index contributed by atoms with van der Waals surface area (Å²) < 4.78 is 34.7. The van der Waals surface area contributed by atoms with E-state index in [0.29, 0.717) is 6.42 Å². The van der Waals surface area contributed by atoms with E-state index >= 15 is 0 Å². The Bertz CT molecular complexity index is 742. The summed E-state index contributed by atoms with van der Waals surface area (Å²) in [6, 6.07) is 7.19. The molecule has 2 aromatic rings. The van der Waals surface area contributed by atoms with Crippen LogP contribution in [0.5, 0.6) is 5.75 Å². The number of hydrogen-bond donors (Lipinski definition) is 2. The molecule has 0 bridgehead atoms. The number of anilines is 1. The fourth-order valence-electron chi connectivity index (χ4n) is 2.02. The molecule has 24 heavy (non-hydrogen) atoms. The van der Waals surface area contributed by atoms with Crippen LogP contribution < -0.4 is 10.1 Å². The van der Waals surface area contributed by atoms with Crippen molar-refractivity contribution in [2.45, 2.75) is 19.8 Å². The molecule has 2 N–H and O–H groups in total. The van der Waals surface area contributed by atoms with Crippen molar-refractivity contribution < 1.29 is 32.6 Å². The number of amides is 1. The first-order valence-corrected chi connectivity index (χ1v) is 7.09. The van der Waals surface area contributed by atoms with Gasteiger partial charge in [-0.2, -0.15) is 0 Å². The van der Waals surface area contributed by atoms with Gasteiger partial charge in [0.15, 0.2) is 5.76 Å². The van der Waals surface area contributed by atoms with Gasteiger partial charge < -0.3 is 19.6 Å². The number of carbonyl (C=O) groups excluding carboxylic acids is 1. The van der Waals surface area contributed by atoms with E-state index in [1.165, 1.54) is 12.1 Å². The number of para-hydroxylation sites is 2. The van der Waals surface area contributed by atoms with Crippen LogP contribution >= 0.6 is 0 Å². The molecule has 6 nitrogen and oxygen atoms in total. The van der Waals surface area contributed by atoms with Crippen molar-refractivity contribution in [1.82, 2.24) is 0 Å². The highest BCUT2D eigenvalue weighted by atomic mass is 19.3. The summed E-state index contributed by atoms with van der Waals surface area (Å²) in [5.74, 6) is -1.84. The second-order valence-electron chi connectivity index (χ2n) is 4.76. The lowest BCUT2D eigenvalue weighted by Crippen LogP contribution is -2.13. The zero-order valence-electron chi connectivity index (χ0n) is 12.7. The number of alkyl halides is 2. The van der Waals surface area contributed by atoms with E-state index in [0.717, 1.165) is 6.07 Å². The number of aryl methyl sites for hydroxylation is 1. The van der Waals surface area contributed by atoms with E-state index < -0.39 is 24.9 Å². The maximum Gasteiger partial charge on any atom is 0.339 e. The Morgan fingerprint density at radius 1 is 1.33 bits per heavy atom. The molecule has 1 aromatic carbocycles. The quantitative estimate of drug-likeness (QED) is 0.807. The Morgan fingerprint density at radius 2 is 2.04 bits per heavy atom. The summed E-state index contributed by atoms with van der Waals surface area (Å²) in [7, 11) is 0. The van der Waals surface area contributed by atoms with Gasteiger partial charge in [0.05, 0.1) is 5.69 Å². The lowest BCUT2D eigenvalue weighted by atomic mass is 10.2. The van der Waals surface area contributed by atoms with Crippen molar-refractivity contribution >= 4 is 17.6 Å². The molecular weight excluding hydrogens is 324 g/mol. The third-order valence-corrected chi connectivity index (χ3v) is 3.08. The predicted molar refractivity (Wildman–Crippen MR) is 80.9 cm³/mol. The number of carboxylic acid groups (broad SMARTS) is 1. The average molecular weight is 339 g/mol. The number of hydrogen-bond acceptors (Lipinski definition) is 4. The molecule has 1 amide bonds. The van der Waals surface area contributed by atoms with E-state index in [4.69, 9.17) is 14.3 Å². The fraction of sp³-hybridized carbons (Fsp3) is 0.250. The molecule has 1 heterocycles. The molecule has 0 saturated carbocycles. The third kappa shape index (κ3) is 4.09. The SMILES string of the molecule is CCc1oc(C(=O)Nc2ccccc2OCC(F)F)cc1C(=O)O. The first kappa shape index (κ1) is 17.5. The van der Waals surface area contributed by atoms with Gasteiger partial charge in [0.25, 0.3) is 12.3 Å². The van der Waals surface area contributed by atoms with Crippen molar-refractivity contribution in [2.75, 3.05) is 11.9 Å². The van der Waals surface area contributed by atoms with E-state index in [2.05, 4.69) is 5.32 Å². The molecule has 8 heteroatoms. The zero-order chi connectivity index (χ0) is 17.7. The summed E-state index contributed by atoms with van der Waals surface area (Å²) in [4.78, 5) is 23.3. The summed E-state index contributed by atoms with van der Waals surface area (Å²) >= 11 is 0. The predicted octanol–water partition coefficient (Wildman–Crippen LogP) is 3.44. The van der Waals surface area contributed by atoms with E-state index in [-0.39, 0.29) is 28.5 Å². The normalized spacial score (nSPS) is 10.7. The molecule has 0 aliphatic carbocycles. The van der Waals surface area contributed by atoms with Gasteiger partial charge in [0.2, 0.25) is 0 Å². The molecule has 128 valence electrons. The second kappa shape index (κ2) is 7.58. The Labute approximate surface area is 136 Å². The van der Waals surface area contributed by atoms with Gasteiger partial charge >= 0.3 is 5.97 Å². The van der Waals surface area contributed by atoms with Crippen LogP contribution in [0.15, 0.2) is 34.7 Å². The van der Waals surface area contributed by atoms with Gasteiger partial charge in [-0.3, -0.25) is 4.79 Å². The molecule has 0 fully saturated rings. The number of ether oxygens (including phenoxy) is 1. The molecule has 0 atom stereocenters. The first-order chi connectivity index (χ1) is 11.4. The van der Waals surface area contributed by atoms with Crippen LogP contribution in [-0.2, 0) is 6.42 Å². The molecule has 0 spiro atoms. The van der Waals surface area contributed by atoms with Crippen molar-refractivity contribution in [1.29, 1.82) is 0 Å². The number of benzene rings is 1. The topological polar surface area (TPSA) is 88.8 Å². The first-order valence-electron chi connectivity index (χ1n) is 7.09. The van der Waals surface area contributed by atoms with Gasteiger partial charge in [-0.05, 0) is 12.1 Å². The Hall–Kier alpha value is -2.90. The van der Waals surface area contributed by atoms with Gasteiger partial charge in [0.1, 0.15) is 23.7 Å². The minimum absolute atomic E-state index is 0.0758. The van der Waals surface area contributed by atoms with E-state index in [1.54, 1.807) is 19.1 Å². The molecule has 0 aliphatic rings. The van der Waals surface area contributed by atoms with Gasteiger partial charge in [-0.25, -0.2) is 13.6 Å². The molecule has 0 aliphatic heterocycles. The molecule has 0 radical (unpaired) electrons. The van der Waals surface area contributed by atoms with Gasteiger partial charge in [-0.1, -0.05) is 19.1 Å². The van der Waals surface area contributed by atoms with Crippen LogP contribution in [0.25, 0.3) is 0 Å². The maximum absolute atomic E-state index is 12.3. The van der Waals surface area contributed by atoms with Gasteiger partial charge in [0, 0.05) is 12.5 Å². The van der Waals surface area contributed by atoms with Crippen LogP contribution in [0.4, 0.5) is 14.5 Å². The number of aromatic carboxylic acids is 1. The fourth-order valence-corrected chi connectivity index (χ4v) is 2.02. The number of furan rings is 1. The smallest absolute Gasteiger partial charge is 0.339 e. The highest BCUT2D eigenvalue weighted by Crippen LogP contribution is 2.25. The zero-order valence-corrected chi connectivity index (χ0v) is 12.7. The number of nitrogens with one attached hydrogen (secondary N) is 1.